The van der Waals surface area contributed by atoms with Crippen molar-refractivity contribution < 1.29 is 9.53 Å². The number of fused-ring (bicyclic) bond motifs is 2. The van der Waals surface area contributed by atoms with Crippen molar-refractivity contribution in [2.24, 2.45) is 5.92 Å². The molecule has 1 aliphatic carbocycles. The minimum Gasteiger partial charge on any atom is -0.392 e. The van der Waals surface area contributed by atoms with Crippen LogP contribution < -0.4 is 10.6 Å². The Hall–Kier alpha value is -2.74. The van der Waals surface area contributed by atoms with E-state index in [2.05, 4.69) is 31.6 Å². The molecule has 3 heterocycles. The zero-order chi connectivity index (χ0) is 20.4. The molecule has 29 heavy (non-hydrogen) atoms. The summed E-state index contributed by atoms with van der Waals surface area (Å²) in [4.78, 5) is 24.0. The van der Waals surface area contributed by atoms with Gasteiger partial charge in [-0.25, -0.2) is 9.97 Å². The largest absolute Gasteiger partial charge is 0.392 e. The summed E-state index contributed by atoms with van der Waals surface area (Å²) in [7, 11) is 3.49. The molecule has 1 saturated carbocycles. The predicted octanol–water partition coefficient (Wildman–Crippen LogP) is 2.17. The quantitative estimate of drug-likeness (QED) is 0.611. The predicted molar refractivity (Wildman–Crippen MR) is 111 cm³/mol. The molecule has 1 aromatic heterocycles. The lowest BCUT2D eigenvalue weighted by atomic mass is 9.80. The molecule has 2 fully saturated rings. The van der Waals surface area contributed by atoms with Gasteiger partial charge in [-0.15, -0.1) is 0 Å². The van der Waals surface area contributed by atoms with Crippen molar-refractivity contribution >= 4 is 23.6 Å². The summed E-state index contributed by atoms with van der Waals surface area (Å²) in [6, 6.07) is 2.32. The summed E-state index contributed by atoms with van der Waals surface area (Å²) in [6.45, 7) is 0. The Morgan fingerprint density at radius 2 is 2.21 bits per heavy atom. The van der Waals surface area contributed by atoms with Crippen molar-refractivity contribution in [3.05, 3.63) is 35.9 Å². The Labute approximate surface area is 170 Å². The lowest BCUT2D eigenvalue weighted by molar-refractivity contribution is -0.145. The summed E-state index contributed by atoms with van der Waals surface area (Å²) < 4.78 is 5.34. The van der Waals surface area contributed by atoms with Crippen LogP contribution in [0.25, 0.3) is 5.57 Å². The molecule has 3 N–H and O–H groups in total. The number of ether oxygens (including phenoxy) is 1. The van der Waals surface area contributed by atoms with Gasteiger partial charge in [0.2, 0.25) is 11.9 Å². The first kappa shape index (κ1) is 19.6. The van der Waals surface area contributed by atoms with Gasteiger partial charge in [-0.3, -0.25) is 4.79 Å². The van der Waals surface area contributed by atoms with E-state index in [9.17, 15) is 4.79 Å². The van der Waals surface area contributed by atoms with Crippen LogP contribution in [0, 0.1) is 11.3 Å². The number of nitrogens with zero attached hydrogens (tertiary/aromatic N) is 3. The third-order valence-electron chi connectivity index (χ3n) is 6.12. The van der Waals surface area contributed by atoms with Gasteiger partial charge in [0.1, 0.15) is 0 Å². The minimum absolute atomic E-state index is 0.117. The first-order valence-electron chi connectivity index (χ1n) is 10.2. The van der Waals surface area contributed by atoms with Crippen LogP contribution in [-0.4, -0.2) is 59.3 Å². The lowest BCUT2D eigenvalue weighted by Crippen LogP contribution is -2.50. The number of aromatic nitrogens is 2. The van der Waals surface area contributed by atoms with E-state index in [0.717, 1.165) is 37.8 Å². The second kappa shape index (κ2) is 8.32. The van der Waals surface area contributed by atoms with Crippen molar-refractivity contribution in [1.29, 1.82) is 5.41 Å². The number of hydrogen-bond donors (Lipinski definition) is 3. The molecule has 2 atom stereocenters. The fourth-order valence-electron chi connectivity index (χ4n) is 4.53. The second-order valence-electron chi connectivity index (χ2n) is 7.89. The zero-order valence-electron chi connectivity index (χ0n) is 16.9. The smallest absolute Gasteiger partial charge is 0.227 e. The van der Waals surface area contributed by atoms with Gasteiger partial charge in [-0.05, 0) is 43.7 Å². The van der Waals surface area contributed by atoms with Crippen molar-refractivity contribution in [1.82, 2.24) is 20.2 Å². The molecule has 2 bridgehead atoms. The molecule has 8 heteroatoms. The number of allylic oxidation sites excluding steroid dienone is 1. The van der Waals surface area contributed by atoms with Crippen LogP contribution in [-0.2, 0) is 9.53 Å². The van der Waals surface area contributed by atoms with Crippen LogP contribution >= 0.6 is 0 Å². The molecule has 8 nitrogen and oxygen atoms in total. The standard InChI is InChI=1S/C21H28N6O2/c1-23-12-15(11-22)25-21-24-6-5-19(26-21)13-7-16-3-4-17(8-13)27(16)20(28)14-9-18(10-14)29-2/h5-7,11-12,14,16-18,22-23H,3-4,8-10H2,1-2H3,(H,24,25,26)/b15-12+,22-11?. The molecule has 0 spiro atoms. The molecular formula is C21H28N6O2. The average molecular weight is 396 g/mol. The molecular weight excluding hydrogens is 368 g/mol. The maximum Gasteiger partial charge on any atom is 0.227 e. The first-order valence-corrected chi connectivity index (χ1v) is 10.2. The van der Waals surface area contributed by atoms with Gasteiger partial charge in [0.25, 0.3) is 0 Å². The van der Waals surface area contributed by atoms with E-state index in [0.29, 0.717) is 17.6 Å². The summed E-state index contributed by atoms with van der Waals surface area (Å²) in [6.07, 6.45) is 11.6. The van der Waals surface area contributed by atoms with E-state index in [-0.39, 0.29) is 24.1 Å². The molecule has 1 aromatic rings. The summed E-state index contributed by atoms with van der Waals surface area (Å²) >= 11 is 0. The van der Waals surface area contributed by atoms with Gasteiger partial charge in [-0.1, -0.05) is 6.08 Å². The second-order valence-corrected chi connectivity index (χ2v) is 7.89. The highest BCUT2D eigenvalue weighted by atomic mass is 16.5. The highest BCUT2D eigenvalue weighted by Crippen LogP contribution is 2.41. The first-order chi connectivity index (χ1) is 14.1. The van der Waals surface area contributed by atoms with Crippen LogP contribution in [0.3, 0.4) is 0 Å². The Morgan fingerprint density at radius 3 is 2.90 bits per heavy atom. The SMILES string of the molecule is CN/C=C(\C=N)Nc1nccc(C2=CC3CCC(C2)N3C(=O)C2CC(OC)C2)n1. The third-order valence-corrected chi connectivity index (χ3v) is 6.12. The summed E-state index contributed by atoms with van der Waals surface area (Å²) in [5.41, 5.74) is 2.63. The number of amides is 1. The molecule has 0 radical (unpaired) electrons. The fraction of sp³-hybridized carbons (Fsp3) is 0.524. The van der Waals surface area contributed by atoms with E-state index in [1.807, 2.05) is 6.07 Å². The Bertz CT molecular complexity index is 845. The van der Waals surface area contributed by atoms with Crippen molar-refractivity contribution in [3.63, 3.8) is 0 Å². The van der Waals surface area contributed by atoms with Crippen molar-refractivity contribution in [2.45, 2.75) is 50.3 Å². The van der Waals surface area contributed by atoms with Gasteiger partial charge in [-0.2, -0.15) is 0 Å². The topological polar surface area (TPSA) is 103 Å². The number of anilines is 1. The molecule has 2 aliphatic heterocycles. The summed E-state index contributed by atoms with van der Waals surface area (Å²) in [5.74, 6) is 0.865. The average Bonchev–Trinajstić information content (AvgIpc) is 2.96. The third kappa shape index (κ3) is 3.89. The normalized spacial score (nSPS) is 28.4. The molecule has 4 rings (SSSR count). The molecule has 3 aliphatic rings. The minimum atomic E-state index is 0.117. The van der Waals surface area contributed by atoms with E-state index in [1.165, 1.54) is 11.8 Å². The van der Waals surface area contributed by atoms with Gasteiger partial charge >= 0.3 is 0 Å². The number of carbonyl (C=O) groups is 1. The van der Waals surface area contributed by atoms with E-state index in [1.54, 1.807) is 26.6 Å². The maximum atomic E-state index is 13.0. The summed E-state index contributed by atoms with van der Waals surface area (Å²) in [5, 5.41) is 13.4. The van der Waals surface area contributed by atoms with Gasteiger partial charge in [0, 0.05) is 44.7 Å². The molecule has 1 saturated heterocycles. The van der Waals surface area contributed by atoms with Crippen LogP contribution in [0.1, 0.15) is 37.8 Å². The zero-order valence-corrected chi connectivity index (χ0v) is 16.9. The maximum absolute atomic E-state index is 13.0. The Morgan fingerprint density at radius 1 is 1.38 bits per heavy atom. The Kier molecular flexibility index (Phi) is 5.62. The van der Waals surface area contributed by atoms with E-state index in [4.69, 9.17) is 10.1 Å². The number of carbonyl (C=O) groups excluding carboxylic acids is 1. The number of hydrogen-bond acceptors (Lipinski definition) is 7. The number of methoxy groups -OCH3 is 1. The van der Waals surface area contributed by atoms with Gasteiger partial charge in [0.05, 0.1) is 23.5 Å². The lowest BCUT2D eigenvalue weighted by Gasteiger charge is -2.41. The van der Waals surface area contributed by atoms with Crippen LogP contribution in [0.15, 0.2) is 30.2 Å². The highest BCUT2D eigenvalue weighted by Gasteiger charge is 2.45. The molecule has 154 valence electrons. The van der Waals surface area contributed by atoms with Crippen LogP contribution in [0.2, 0.25) is 0 Å². The Balaban J connectivity index is 1.49. The van der Waals surface area contributed by atoms with E-state index < -0.39 is 0 Å². The highest BCUT2D eigenvalue weighted by molar-refractivity contribution is 5.83. The van der Waals surface area contributed by atoms with Crippen molar-refractivity contribution in [2.75, 3.05) is 19.5 Å². The molecule has 2 unspecified atom stereocenters. The van der Waals surface area contributed by atoms with Gasteiger partial charge in [0.15, 0.2) is 0 Å². The van der Waals surface area contributed by atoms with E-state index >= 15 is 0 Å². The monoisotopic (exact) mass is 396 g/mol. The number of nitrogens with one attached hydrogen (secondary N) is 3. The van der Waals surface area contributed by atoms with Crippen molar-refractivity contribution in [3.8, 4) is 0 Å². The molecule has 1 amide bonds. The van der Waals surface area contributed by atoms with Crippen LogP contribution in [0.5, 0.6) is 0 Å². The van der Waals surface area contributed by atoms with Crippen LogP contribution in [0.4, 0.5) is 5.95 Å². The number of rotatable bonds is 7. The molecule has 0 aromatic carbocycles. The van der Waals surface area contributed by atoms with Gasteiger partial charge < -0.3 is 25.7 Å². The fourth-order valence-corrected chi connectivity index (χ4v) is 4.53.